The van der Waals surface area contributed by atoms with Crippen LogP contribution >= 0.6 is 0 Å². The Balaban J connectivity index is 1.94. The van der Waals surface area contributed by atoms with Gasteiger partial charge in [-0.1, -0.05) is 48.5 Å². The summed E-state index contributed by atoms with van der Waals surface area (Å²) in [5.74, 6) is -0.450. The van der Waals surface area contributed by atoms with E-state index in [4.69, 9.17) is 4.42 Å². The fraction of sp³-hybridized carbons (Fsp3) is 0.273. The van der Waals surface area contributed by atoms with Gasteiger partial charge in [-0.2, -0.15) is 0 Å². The number of nitrogens with one attached hydrogen (secondary N) is 1. The van der Waals surface area contributed by atoms with Crippen molar-refractivity contribution in [2.75, 3.05) is 19.8 Å². The molecule has 4 N–H and O–H groups in total. The number of ketones is 1. The Morgan fingerprint density at radius 1 is 0.966 bits per heavy atom. The van der Waals surface area contributed by atoms with E-state index in [-0.39, 0.29) is 12.0 Å². The van der Waals surface area contributed by atoms with Crippen molar-refractivity contribution in [3.05, 3.63) is 82.2 Å². The van der Waals surface area contributed by atoms with Gasteiger partial charge in [-0.3, -0.25) is 10.1 Å². The van der Waals surface area contributed by atoms with Gasteiger partial charge in [-0.25, -0.2) is 4.79 Å². The summed E-state index contributed by atoms with van der Waals surface area (Å²) < 4.78 is 5.25. The van der Waals surface area contributed by atoms with E-state index in [9.17, 15) is 24.9 Å². The molecule has 29 heavy (non-hydrogen) atoms. The third kappa shape index (κ3) is 4.60. The van der Waals surface area contributed by atoms with E-state index in [1.54, 1.807) is 48.5 Å². The highest BCUT2D eigenvalue weighted by atomic mass is 16.4. The number of hydrogen-bond acceptors (Lipinski definition) is 7. The molecule has 0 unspecified atom stereocenters. The van der Waals surface area contributed by atoms with Gasteiger partial charge < -0.3 is 19.7 Å². The molecule has 152 valence electrons. The van der Waals surface area contributed by atoms with Gasteiger partial charge in [0, 0.05) is 17.8 Å². The van der Waals surface area contributed by atoms with Crippen molar-refractivity contribution < 1.29 is 24.5 Å². The van der Waals surface area contributed by atoms with E-state index in [0.29, 0.717) is 16.5 Å². The predicted octanol–water partition coefficient (Wildman–Crippen LogP) is 1.41. The lowest BCUT2D eigenvalue weighted by atomic mass is 9.94. The summed E-state index contributed by atoms with van der Waals surface area (Å²) in [7, 11) is 0. The van der Waals surface area contributed by atoms with Crippen LogP contribution in [0.4, 0.5) is 0 Å². The highest BCUT2D eigenvalue weighted by Crippen LogP contribution is 2.23. The molecule has 2 aromatic carbocycles. The molecule has 1 atom stereocenters. The van der Waals surface area contributed by atoms with Gasteiger partial charge in [0.1, 0.15) is 11.1 Å². The molecule has 7 heteroatoms. The maximum atomic E-state index is 13.0. The fourth-order valence-corrected chi connectivity index (χ4v) is 3.15. The lowest BCUT2D eigenvalue weighted by Crippen LogP contribution is -2.56. The Morgan fingerprint density at radius 3 is 2.24 bits per heavy atom. The van der Waals surface area contributed by atoms with Crippen molar-refractivity contribution in [2.24, 2.45) is 0 Å². The van der Waals surface area contributed by atoms with Crippen LogP contribution in [0, 0.1) is 0 Å². The van der Waals surface area contributed by atoms with E-state index < -0.39 is 42.8 Å². The largest absolute Gasteiger partial charge is 0.422 e. The minimum Gasteiger partial charge on any atom is -0.422 e. The van der Waals surface area contributed by atoms with Crippen LogP contribution in [0.5, 0.6) is 0 Å². The highest BCUT2D eigenvalue weighted by molar-refractivity contribution is 5.98. The molecule has 0 saturated carbocycles. The molecule has 0 saturated heterocycles. The molecule has 3 rings (SSSR count). The number of aliphatic hydroxyl groups is 3. The minimum absolute atomic E-state index is 0.0750. The van der Waals surface area contributed by atoms with Crippen LogP contribution in [0.25, 0.3) is 11.0 Å². The van der Waals surface area contributed by atoms with Crippen LogP contribution in [0.2, 0.25) is 0 Å². The number of carbonyl (C=O) groups excluding carboxylic acids is 1. The molecular formula is C22H23NO6. The number of carbonyl (C=O) groups is 1. The van der Waals surface area contributed by atoms with Crippen LogP contribution in [0.1, 0.15) is 28.4 Å². The van der Waals surface area contributed by atoms with E-state index >= 15 is 0 Å². The molecule has 0 radical (unpaired) electrons. The number of rotatable bonds is 9. The van der Waals surface area contributed by atoms with Crippen molar-refractivity contribution >= 4 is 16.8 Å². The van der Waals surface area contributed by atoms with Crippen LogP contribution in [0.15, 0.2) is 69.9 Å². The number of Topliss-reactive ketones (excluding diaryl/α,β-unsaturated/α-hetero) is 1. The Morgan fingerprint density at radius 2 is 1.59 bits per heavy atom. The topological polar surface area (TPSA) is 120 Å². The standard InChI is InChI=1S/C22H23NO6/c24-12-22(13-25,14-26)23-18(15-6-2-1-3-7-15)11-19(27)17-10-16-8-4-5-9-20(16)29-21(17)28/h1-10,18,23-26H,11-14H2/t18-/m1/s1. The first kappa shape index (κ1) is 20.9. The molecule has 0 amide bonds. The SMILES string of the molecule is O=C(C[C@@H](NC(CO)(CO)CO)c1ccccc1)c1cc2ccccc2oc1=O. The second-order valence-electron chi connectivity index (χ2n) is 6.97. The lowest BCUT2D eigenvalue weighted by Gasteiger charge is -2.34. The molecule has 0 spiro atoms. The number of aliphatic hydroxyl groups excluding tert-OH is 3. The Bertz CT molecular complexity index is 1020. The zero-order chi connectivity index (χ0) is 20.9. The zero-order valence-corrected chi connectivity index (χ0v) is 15.7. The molecule has 0 aliphatic carbocycles. The summed E-state index contributed by atoms with van der Waals surface area (Å²) in [5, 5.41) is 32.6. The Kier molecular flexibility index (Phi) is 6.56. The monoisotopic (exact) mass is 397 g/mol. The van der Waals surface area contributed by atoms with E-state index in [2.05, 4.69) is 5.32 Å². The minimum atomic E-state index is -1.38. The average Bonchev–Trinajstić information content (AvgIpc) is 2.77. The van der Waals surface area contributed by atoms with E-state index in [1.165, 1.54) is 6.07 Å². The Hall–Kier alpha value is -2.84. The number of benzene rings is 2. The van der Waals surface area contributed by atoms with Crippen LogP contribution in [0.3, 0.4) is 0 Å². The number of fused-ring (bicyclic) bond motifs is 1. The van der Waals surface area contributed by atoms with Crippen LogP contribution < -0.4 is 10.9 Å². The summed E-state index contributed by atoms with van der Waals surface area (Å²) in [5.41, 5.74) is -1.07. The molecule has 0 aliphatic rings. The summed E-state index contributed by atoms with van der Waals surface area (Å²) in [6, 6.07) is 16.7. The maximum Gasteiger partial charge on any atom is 0.347 e. The summed E-state index contributed by atoms with van der Waals surface area (Å²) in [6.07, 6.45) is -0.130. The first-order chi connectivity index (χ1) is 14.0. The van der Waals surface area contributed by atoms with Gasteiger partial charge in [0.25, 0.3) is 0 Å². The average molecular weight is 397 g/mol. The molecule has 1 aromatic heterocycles. The molecule has 0 fully saturated rings. The van der Waals surface area contributed by atoms with E-state index in [0.717, 1.165) is 0 Å². The zero-order valence-electron chi connectivity index (χ0n) is 15.7. The molecule has 3 aromatic rings. The summed E-state index contributed by atoms with van der Waals surface area (Å²) in [6.45, 7) is -1.60. The van der Waals surface area contributed by atoms with E-state index in [1.807, 2.05) is 6.07 Å². The normalized spacial score (nSPS) is 12.8. The number of para-hydroxylation sites is 1. The quantitative estimate of drug-likeness (QED) is 0.318. The molecule has 0 aliphatic heterocycles. The van der Waals surface area contributed by atoms with Gasteiger partial charge in [0.15, 0.2) is 5.78 Å². The predicted molar refractivity (Wildman–Crippen MR) is 108 cm³/mol. The van der Waals surface area contributed by atoms with Gasteiger partial charge in [-0.05, 0) is 17.7 Å². The number of hydrogen-bond donors (Lipinski definition) is 4. The molecular weight excluding hydrogens is 374 g/mol. The lowest BCUT2D eigenvalue weighted by molar-refractivity contribution is 0.0328. The Labute approximate surface area is 167 Å². The first-order valence-electron chi connectivity index (χ1n) is 9.23. The van der Waals surface area contributed by atoms with Gasteiger partial charge >= 0.3 is 5.63 Å². The molecule has 1 heterocycles. The van der Waals surface area contributed by atoms with Gasteiger partial charge in [0.05, 0.1) is 25.4 Å². The van der Waals surface area contributed by atoms with Gasteiger partial charge in [-0.15, -0.1) is 0 Å². The summed E-state index contributed by atoms with van der Waals surface area (Å²) >= 11 is 0. The molecule has 0 bridgehead atoms. The third-order valence-electron chi connectivity index (χ3n) is 4.92. The van der Waals surface area contributed by atoms with Gasteiger partial charge in [0.2, 0.25) is 0 Å². The first-order valence-corrected chi connectivity index (χ1v) is 9.23. The summed E-state index contributed by atoms with van der Waals surface area (Å²) in [4.78, 5) is 25.3. The maximum absolute atomic E-state index is 13.0. The van der Waals surface area contributed by atoms with Crippen molar-refractivity contribution in [1.82, 2.24) is 5.32 Å². The van der Waals surface area contributed by atoms with Crippen LogP contribution in [-0.4, -0.2) is 46.5 Å². The van der Waals surface area contributed by atoms with Crippen molar-refractivity contribution in [2.45, 2.75) is 18.0 Å². The fourth-order valence-electron chi connectivity index (χ4n) is 3.15. The van der Waals surface area contributed by atoms with Crippen LogP contribution in [-0.2, 0) is 0 Å². The molecule has 7 nitrogen and oxygen atoms in total. The second-order valence-corrected chi connectivity index (χ2v) is 6.97. The third-order valence-corrected chi connectivity index (χ3v) is 4.92. The van der Waals surface area contributed by atoms with Crippen molar-refractivity contribution in [1.29, 1.82) is 0 Å². The van der Waals surface area contributed by atoms with Crippen molar-refractivity contribution in [3.63, 3.8) is 0 Å². The highest BCUT2D eigenvalue weighted by Gasteiger charge is 2.32. The second kappa shape index (κ2) is 9.11. The van der Waals surface area contributed by atoms with Crippen molar-refractivity contribution in [3.8, 4) is 0 Å². The smallest absolute Gasteiger partial charge is 0.347 e.